The van der Waals surface area contributed by atoms with Gasteiger partial charge in [0.1, 0.15) is 83.3 Å². The quantitative estimate of drug-likeness (QED) is 0.0505. The molecular weight excluding hydrogens is 1780 g/mol. The molecule has 0 aromatic carbocycles. The van der Waals surface area contributed by atoms with Crippen LogP contribution in [0.1, 0.15) is 0 Å². The predicted molar refractivity (Wildman–Crippen MR) is 441 cm³/mol. The van der Waals surface area contributed by atoms with Gasteiger partial charge in [-0.15, -0.1) is 116 Å². The Hall–Kier alpha value is -2.21. The second-order valence-electron chi connectivity index (χ2n) is 21.1. The van der Waals surface area contributed by atoms with E-state index in [0.717, 1.165) is 0 Å². The van der Waals surface area contributed by atoms with Gasteiger partial charge in [-0.25, -0.2) is 28.7 Å². The normalized spacial score (nSPS) is 12.1. The van der Waals surface area contributed by atoms with E-state index in [2.05, 4.69) is 315 Å². The van der Waals surface area contributed by atoms with E-state index >= 15 is 0 Å². The number of nitrogens with zero attached hydrogens (tertiary/aromatic N) is 17. The fraction of sp³-hybridized carbons (Fsp3) is 0.327. The highest BCUT2D eigenvalue weighted by molar-refractivity contribution is 14.3. The molecule has 90 heavy (non-hydrogen) atoms. The van der Waals surface area contributed by atoms with Gasteiger partial charge in [-0.3, -0.25) is 25.4 Å². The van der Waals surface area contributed by atoms with E-state index < -0.39 is 77.8 Å². The molecule has 0 aliphatic carbocycles. The van der Waals surface area contributed by atoms with Crippen LogP contribution in [0.3, 0.4) is 0 Å². The highest BCUT2D eigenvalue weighted by Gasteiger charge is 2.16. The first-order valence-corrected chi connectivity index (χ1v) is 70.4. The number of imidazole rings is 6. The van der Waals surface area contributed by atoms with E-state index in [1.807, 2.05) is 167 Å². The maximum atomic E-state index is 6.02. The predicted octanol–water partition coefficient (Wildman–Crippen LogP) is 8.01. The van der Waals surface area contributed by atoms with Gasteiger partial charge in [0.15, 0.2) is 3.79 Å². The number of anilines is 2. The maximum Gasteiger partial charge on any atom is 0.445 e. The fourth-order valence-electron chi connectivity index (χ4n) is 6.53. The third kappa shape index (κ3) is 41.6. The number of aromatic nitrogens is 15. The first-order chi connectivity index (χ1) is 42.3. The molecule has 0 spiro atoms. The van der Waals surface area contributed by atoms with Gasteiger partial charge in [0.05, 0.1) is 40.1 Å². The van der Waals surface area contributed by atoms with Crippen LogP contribution in [0.4, 0.5) is 11.4 Å². The molecular formula is C55H101BrCl4I3N17Si10+6. The molecule has 0 bridgehead atoms. The van der Waals surface area contributed by atoms with E-state index in [1.165, 1.54) is 11.4 Å². The van der Waals surface area contributed by atoms with Crippen molar-refractivity contribution in [2.75, 3.05) is 38.0 Å². The molecule has 9 rings (SSSR count). The van der Waals surface area contributed by atoms with Crippen LogP contribution >= 0.6 is 125 Å². The van der Waals surface area contributed by atoms with Crippen molar-refractivity contribution in [3.8, 4) is 0 Å². The molecule has 6 unspecified atom stereocenters. The molecule has 17 nitrogen and oxygen atoms in total. The van der Waals surface area contributed by atoms with Gasteiger partial charge in [0, 0.05) is 114 Å². The second kappa shape index (κ2) is 51.1. The van der Waals surface area contributed by atoms with E-state index in [9.17, 15) is 0 Å². The molecule has 6 atom stereocenters. The van der Waals surface area contributed by atoms with Crippen LogP contribution in [-0.2, 0) is 21.1 Å². The van der Waals surface area contributed by atoms with Crippen molar-refractivity contribution in [2.45, 2.75) is 72.0 Å². The number of rotatable bonds is 13. The van der Waals surface area contributed by atoms with Gasteiger partial charge in [0.25, 0.3) is 0 Å². The molecule has 0 saturated carbocycles. The van der Waals surface area contributed by atoms with Crippen molar-refractivity contribution in [3.05, 3.63) is 217 Å². The number of hydrogen-bond donors (Lipinski definition) is 0. The summed E-state index contributed by atoms with van der Waals surface area (Å²) in [5, 5.41) is 0. The molecule has 9 heterocycles. The lowest BCUT2D eigenvalue weighted by atomic mass is 10.4. The summed E-state index contributed by atoms with van der Waals surface area (Å²) in [5.74, 6) is 0. The molecule has 0 aliphatic heterocycles. The summed E-state index contributed by atoms with van der Waals surface area (Å²) >= 11 is 34.2. The van der Waals surface area contributed by atoms with Crippen LogP contribution in [0.15, 0.2) is 217 Å². The Morgan fingerprint density at radius 1 is 0.456 bits per heavy atom. The van der Waals surface area contributed by atoms with Crippen molar-refractivity contribution in [1.82, 2.24) is 40.3 Å². The summed E-state index contributed by atoms with van der Waals surface area (Å²) in [4.78, 5) is 15.4. The summed E-state index contributed by atoms with van der Waals surface area (Å²) in [6.07, 6.45) is 47.9. The Labute approximate surface area is 621 Å². The lowest BCUT2D eigenvalue weighted by Crippen LogP contribution is -2.46. The monoisotopic (exact) mass is 1880 g/mol. The molecule has 35 heteroatoms. The zero-order valence-corrected chi connectivity index (χ0v) is 78.5. The largest absolute Gasteiger partial charge is 0.445 e. The Bertz CT molecular complexity index is 2950. The van der Waals surface area contributed by atoms with Crippen molar-refractivity contribution >= 4 is 214 Å². The maximum absolute atomic E-state index is 6.02. The first kappa shape index (κ1) is 87.8. The van der Waals surface area contributed by atoms with Crippen LogP contribution < -0.4 is 36.2 Å². The minimum atomic E-state index is -1.21. The van der Waals surface area contributed by atoms with Crippen molar-refractivity contribution in [2.24, 2.45) is 21.1 Å². The van der Waals surface area contributed by atoms with Gasteiger partial charge < -0.3 is 22.5 Å². The first-order valence-electron chi connectivity index (χ1n) is 29.0. The van der Waals surface area contributed by atoms with Crippen LogP contribution in [0.5, 0.6) is 0 Å². The number of aryl methyl sites for hydroxylation is 3. The van der Waals surface area contributed by atoms with Crippen LogP contribution in [0.25, 0.3) is 0 Å². The Balaban J connectivity index is 0.000000990. The molecule has 0 saturated heterocycles. The zero-order chi connectivity index (χ0) is 68.5. The molecule has 0 fully saturated rings. The van der Waals surface area contributed by atoms with Gasteiger partial charge in [-0.1, -0.05) is 52.7 Å². The SMILES string of the molecule is C=C[SiH](Br)I.C=C[SiH](I)I.CN(C)c1cc[n+]([SiH](C)C)cc1.CN(C)c1cc[n+]([SiH](C)Cl)cc1.C[SiH](C)n1ccnc1.C[SiH](Cl)[n+]1ccccc1.C[SiH](Cl)n1ccnc1.C[n+]1ccn([SiH](C)C)c1.C[n+]1ccn([SiH](C)Cl)c1.C[n+]1ccn([SiH](C)n2ccnc2)c1. The average molecular weight is 1880 g/mol. The molecule has 496 valence electrons. The highest BCUT2D eigenvalue weighted by Crippen LogP contribution is 2.07. The van der Waals surface area contributed by atoms with Gasteiger partial charge >= 0.3 is 42.9 Å². The highest BCUT2D eigenvalue weighted by atomic mass is 127. The van der Waals surface area contributed by atoms with Gasteiger partial charge in [0.2, 0.25) is 41.1 Å². The van der Waals surface area contributed by atoms with E-state index in [0.29, 0.717) is 0 Å². The standard InChI is InChI=1S/C9H17N2Si.C8H14ClN2Si.C8H13N4Si.C6H9ClNSi.C6H13N2Si.C5H10ClN2Si.C5H10N2Si.C4H7ClN2Si.C2H4BrISi.C2H4I2Si/c1-10(2)9-5-7-11(8-6-9)12(3)4;1-10(2)8-4-6-11(7-5-8)12(3)9;1-10-5-6-12(8-10)13(2)11-4-3-9-7-11;1-9(7)8-5-3-2-4-6-8;1-7-4-5-8(6-7)9(2)3;1-7-3-4-8(5-7)9(2)6;1-8(2)7-4-3-6-5-7;1-8(5)7-3-2-6-4-7;2*1-2-5(3)4/h5-8,12H,1-4H3;4-7,12H,1-3H3;3-8,13H,1-2H3;2-6,9H,1H3;4-6,9H,1-3H3;3-5,9H,1-2H3;3-5,8H,1-2H3;2-4,8H,1H3;2*2,5H,1H2/q6*+1;;;;. The summed E-state index contributed by atoms with van der Waals surface area (Å²) in [6, 6.07) is 14.4. The molecule has 9 aromatic rings. The van der Waals surface area contributed by atoms with Crippen LogP contribution in [0, 0.1) is 0 Å². The second-order valence-corrected chi connectivity index (χ2v) is 76.0. The third-order valence-corrected chi connectivity index (χ3v) is 32.6. The lowest BCUT2D eigenvalue weighted by Gasteiger charge is -2.11. The Morgan fingerprint density at radius 2 is 0.789 bits per heavy atom. The van der Waals surface area contributed by atoms with Crippen molar-refractivity contribution < 1.29 is 26.4 Å². The molecule has 9 aromatic heterocycles. The summed E-state index contributed by atoms with van der Waals surface area (Å²) < 4.78 is 25.2. The topological polar surface area (TPSA) is 98.0 Å². The third-order valence-electron chi connectivity index (χ3n) is 12.0. The lowest BCUT2D eigenvalue weighted by molar-refractivity contribution is -0.670. The van der Waals surface area contributed by atoms with E-state index in [1.54, 1.807) is 12.5 Å². The van der Waals surface area contributed by atoms with Crippen molar-refractivity contribution in [1.29, 1.82) is 0 Å². The van der Waals surface area contributed by atoms with Crippen molar-refractivity contribution in [3.63, 3.8) is 0 Å². The minimum Gasteiger partial charge on any atom is -0.377 e. The molecule has 0 N–H and O–H groups in total. The van der Waals surface area contributed by atoms with Gasteiger partial charge in [-0.2, -0.15) is 0 Å². The fourth-order valence-corrected chi connectivity index (χ4v) is 14.8. The smallest absolute Gasteiger partial charge is 0.377 e. The summed E-state index contributed by atoms with van der Waals surface area (Å²) in [5.41, 5.74) is 6.46. The molecule has 0 aliphatic rings. The molecule has 0 radical (unpaired) electrons. The van der Waals surface area contributed by atoms with E-state index in [4.69, 9.17) is 44.3 Å². The Morgan fingerprint density at radius 3 is 1.01 bits per heavy atom. The van der Waals surface area contributed by atoms with Crippen LogP contribution in [-0.4, -0.2) is 146 Å². The number of halogens is 8. The van der Waals surface area contributed by atoms with Gasteiger partial charge in [-0.05, 0) is 58.0 Å². The number of pyridine rings is 3. The average Bonchev–Trinajstić information content (AvgIpc) is 2.08. The van der Waals surface area contributed by atoms with Crippen LogP contribution in [0.2, 0.25) is 72.0 Å². The number of hydrogen-bond acceptors (Lipinski definition) is 5. The van der Waals surface area contributed by atoms with E-state index in [-0.39, 0.29) is 0 Å². The zero-order valence-electron chi connectivity index (χ0n) is 55.9. The summed E-state index contributed by atoms with van der Waals surface area (Å²) in [6.45, 7) is 31.5. The minimum absolute atomic E-state index is 0.446. The molecule has 0 amide bonds. The Kier molecular flexibility index (Phi) is 49.9. The summed E-state index contributed by atoms with van der Waals surface area (Å²) in [7, 11) is 6.59.